The first-order valence-electron chi connectivity index (χ1n) is 9.38. The second-order valence-corrected chi connectivity index (χ2v) is 7.11. The molecule has 3 atom stereocenters. The van der Waals surface area contributed by atoms with Crippen LogP contribution in [-0.4, -0.2) is 48.1 Å². The molecule has 1 fully saturated rings. The van der Waals surface area contributed by atoms with E-state index in [1.807, 2.05) is 12.1 Å². The predicted octanol–water partition coefficient (Wildman–Crippen LogP) is 1.72. The summed E-state index contributed by atoms with van der Waals surface area (Å²) >= 11 is 0. The van der Waals surface area contributed by atoms with Crippen LogP contribution in [0, 0.1) is 0 Å². The van der Waals surface area contributed by atoms with Crippen molar-refractivity contribution in [1.82, 2.24) is 15.6 Å². The summed E-state index contributed by atoms with van der Waals surface area (Å²) in [5.41, 5.74) is 1.27. The average molecular weight is 386 g/mol. The monoisotopic (exact) mass is 386 g/mol. The summed E-state index contributed by atoms with van der Waals surface area (Å²) in [7, 11) is 0. The van der Waals surface area contributed by atoms with Crippen LogP contribution in [-0.2, 0) is 16.1 Å². The molecule has 0 spiro atoms. The van der Waals surface area contributed by atoms with E-state index in [9.17, 15) is 9.59 Å². The van der Waals surface area contributed by atoms with Crippen LogP contribution in [0.15, 0.2) is 41.3 Å². The fourth-order valence-electron chi connectivity index (χ4n) is 3.15. The van der Waals surface area contributed by atoms with E-state index in [1.54, 1.807) is 19.2 Å². The SMILES string of the molecule is C[C@@H]1CN(c2ccc(CNC(=O)[C@H](C)NC(=O)c3ccoc3)cn2)C[C@H](C)O1. The van der Waals surface area contributed by atoms with Crippen molar-refractivity contribution in [1.29, 1.82) is 0 Å². The Balaban J connectivity index is 1.49. The first kappa shape index (κ1) is 19.9. The molecule has 0 bridgehead atoms. The number of anilines is 1. The zero-order valence-corrected chi connectivity index (χ0v) is 16.3. The molecule has 1 aliphatic rings. The highest BCUT2D eigenvalue weighted by atomic mass is 16.5. The highest BCUT2D eigenvalue weighted by Gasteiger charge is 2.23. The van der Waals surface area contributed by atoms with Crippen LogP contribution in [0.2, 0.25) is 0 Å². The van der Waals surface area contributed by atoms with Gasteiger partial charge >= 0.3 is 0 Å². The minimum atomic E-state index is -0.661. The molecule has 1 aliphatic heterocycles. The first-order chi connectivity index (χ1) is 13.4. The summed E-state index contributed by atoms with van der Waals surface area (Å²) in [6.07, 6.45) is 4.85. The number of furan rings is 1. The van der Waals surface area contributed by atoms with Crippen molar-refractivity contribution >= 4 is 17.6 Å². The summed E-state index contributed by atoms with van der Waals surface area (Å²) in [4.78, 5) is 30.9. The van der Waals surface area contributed by atoms with E-state index in [0.29, 0.717) is 12.1 Å². The van der Waals surface area contributed by atoms with Crippen molar-refractivity contribution in [3.63, 3.8) is 0 Å². The molecule has 2 aromatic heterocycles. The maximum atomic E-state index is 12.2. The van der Waals surface area contributed by atoms with Gasteiger partial charge in [0, 0.05) is 25.8 Å². The van der Waals surface area contributed by atoms with Gasteiger partial charge in [0.25, 0.3) is 5.91 Å². The largest absolute Gasteiger partial charge is 0.472 e. The smallest absolute Gasteiger partial charge is 0.255 e. The molecule has 0 aromatic carbocycles. The summed E-state index contributed by atoms with van der Waals surface area (Å²) in [6.45, 7) is 7.70. The minimum Gasteiger partial charge on any atom is -0.472 e. The maximum absolute atomic E-state index is 12.2. The third kappa shape index (κ3) is 5.10. The number of rotatable bonds is 6. The number of hydrogen-bond acceptors (Lipinski definition) is 6. The zero-order valence-electron chi connectivity index (χ0n) is 16.3. The normalized spacial score (nSPS) is 20.5. The van der Waals surface area contributed by atoms with Crippen LogP contribution in [0.5, 0.6) is 0 Å². The van der Waals surface area contributed by atoms with Crippen LogP contribution < -0.4 is 15.5 Å². The van der Waals surface area contributed by atoms with Crippen molar-refractivity contribution in [2.24, 2.45) is 0 Å². The molecule has 150 valence electrons. The molecule has 0 saturated carbocycles. The van der Waals surface area contributed by atoms with Crippen molar-refractivity contribution in [3.8, 4) is 0 Å². The predicted molar refractivity (Wildman–Crippen MR) is 104 cm³/mol. The zero-order chi connectivity index (χ0) is 20.1. The lowest BCUT2D eigenvalue weighted by Gasteiger charge is -2.36. The number of carbonyl (C=O) groups excluding carboxylic acids is 2. The lowest BCUT2D eigenvalue weighted by molar-refractivity contribution is -0.122. The summed E-state index contributed by atoms with van der Waals surface area (Å²) in [5.74, 6) is 0.283. The highest BCUT2D eigenvalue weighted by Crippen LogP contribution is 2.18. The van der Waals surface area contributed by atoms with E-state index in [2.05, 4.69) is 34.4 Å². The number of aromatic nitrogens is 1. The van der Waals surface area contributed by atoms with Gasteiger partial charge in [-0.05, 0) is 38.5 Å². The Hall–Kier alpha value is -2.87. The lowest BCUT2D eigenvalue weighted by Crippen LogP contribution is -2.45. The molecule has 3 rings (SSSR count). The number of pyridine rings is 1. The van der Waals surface area contributed by atoms with Crippen LogP contribution in [0.1, 0.15) is 36.7 Å². The van der Waals surface area contributed by atoms with Gasteiger partial charge in [-0.1, -0.05) is 6.07 Å². The molecule has 8 heteroatoms. The van der Waals surface area contributed by atoms with Gasteiger partial charge in [-0.3, -0.25) is 9.59 Å². The Morgan fingerprint density at radius 1 is 1.25 bits per heavy atom. The fraction of sp³-hybridized carbons (Fsp3) is 0.450. The second kappa shape index (κ2) is 8.88. The van der Waals surface area contributed by atoms with E-state index < -0.39 is 6.04 Å². The van der Waals surface area contributed by atoms with Gasteiger partial charge < -0.3 is 24.7 Å². The molecule has 0 radical (unpaired) electrons. The molecule has 2 amide bonds. The summed E-state index contributed by atoms with van der Waals surface area (Å²) in [5, 5.41) is 5.45. The van der Waals surface area contributed by atoms with E-state index in [-0.39, 0.29) is 24.0 Å². The third-order valence-electron chi connectivity index (χ3n) is 4.54. The number of carbonyl (C=O) groups is 2. The van der Waals surface area contributed by atoms with Crippen LogP contribution in [0.4, 0.5) is 5.82 Å². The quantitative estimate of drug-likeness (QED) is 0.785. The number of nitrogens with zero attached hydrogens (tertiary/aromatic N) is 2. The average Bonchev–Trinajstić information content (AvgIpc) is 3.20. The molecule has 0 aliphatic carbocycles. The van der Waals surface area contributed by atoms with Crippen molar-refractivity contribution in [2.75, 3.05) is 18.0 Å². The molecule has 3 heterocycles. The Bertz CT molecular complexity index is 781. The molecule has 2 N–H and O–H groups in total. The molecule has 0 unspecified atom stereocenters. The molecular formula is C20H26N4O4. The topological polar surface area (TPSA) is 96.7 Å². The van der Waals surface area contributed by atoms with E-state index >= 15 is 0 Å². The van der Waals surface area contributed by atoms with E-state index in [4.69, 9.17) is 9.15 Å². The summed E-state index contributed by atoms with van der Waals surface area (Å²) < 4.78 is 10.6. The third-order valence-corrected chi connectivity index (χ3v) is 4.54. The molecule has 28 heavy (non-hydrogen) atoms. The van der Waals surface area contributed by atoms with Crippen molar-refractivity contribution in [2.45, 2.75) is 45.6 Å². The summed E-state index contributed by atoms with van der Waals surface area (Å²) in [6, 6.07) is 4.78. The van der Waals surface area contributed by atoms with Gasteiger partial charge in [-0.25, -0.2) is 4.98 Å². The van der Waals surface area contributed by atoms with E-state index in [0.717, 1.165) is 24.5 Å². The minimum absolute atomic E-state index is 0.170. The molecule has 8 nitrogen and oxygen atoms in total. The lowest BCUT2D eigenvalue weighted by atomic mass is 10.2. The van der Waals surface area contributed by atoms with Crippen molar-refractivity contribution in [3.05, 3.63) is 48.0 Å². The number of hydrogen-bond donors (Lipinski definition) is 2. The maximum Gasteiger partial charge on any atom is 0.255 e. The highest BCUT2D eigenvalue weighted by molar-refractivity contribution is 5.97. The standard InChI is InChI=1S/C20H26N4O4/c1-13-10-24(11-14(2)28-13)18-5-4-16(8-21-18)9-22-19(25)15(3)23-20(26)17-6-7-27-12-17/h4-8,12-15H,9-11H2,1-3H3,(H,22,25)(H,23,26)/t13-,14+,15-/m0/s1. The first-order valence-corrected chi connectivity index (χ1v) is 9.38. The Kier molecular flexibility index (Phi) is 6.30. The molecule has 1 saturated heterocycles. The van der Waals surface area contributed by atoms with Gasteiger partial charge in [0.05, 0.1) is 24.0 Å². The Labute approximate surface area is 164 Å². The van der Waals surface area contributed by atoms with Gasteiger partial charge in [-0.15, -0.1) is 0 Å². The second-order valence-electron chi connectivity index (χ2n) is 7.11. The number of nitrogens with one attached hydrogen (secondary N) is 2. The van der Waals surface area contributed by atoms with Gasteiger partial charge in [0.15, 0.2) is 0 Å². The molecular weight excluding hydrogens is 360 g/mol. The Morgan fingerprint density at radius 2 is 2.00 bits per heavy atom. The molecule has 2 aromatic rings. The van der Waals surface area contributed by atoms with Crippen LogP contribution in [0.3, 0.4) is 0 Å². The van der Waals surface area contributed by atoms with E-state index in [1.165, 1.54) is 12.5 Å². The van der Waals surface area contributed by atoms with Gasteiger partial charge in [0.1, 0.15) is 18.1 Å². The number of amides is 2. The Morgan fingerprint density at radius 3 is 2.61 bits per heavy atom. The van der Waals surface area contributed by atoms with Crippen LogP contribution >= 0.6 is 0 Å². The number of ether oxygens (including phenoxy) is 1. The number of morpholine rings is 1. The van der Waals surface area contributed by atoms with Gasteiger partial charge in [0.2, 0.25) is 5.91 Å². The van der Waals surface area contributed by atoms with Crippen LogP contribution in [0.25, 0.3) is 0 Å². The fourth-order valence-corrected chi connectivity index (χ4v) is 3.15. The van der Waals surface area contributed by atoms with Crippen molar-refractivity contribution < 1.29 is 18.7 Å². The van der Waals surface area contributed by atoms with Gasteiger partial charge in [-0.2, -0.15) is 0 Å².